The van der Waals surface area contributed by atoms with Gasteiger partial charge in [0.15, 0.2) is 0 Å². The molecular weight excluding hydrogens is 413 g/mol. The Bertz CT molecular complexity index is 1120. The van der Waals surface area contributed by atoms with Gasteiger partial charge in [0.2, 0.25) is 0 Å². The number of fused-ring (bicyclic) bond motifs is 1. The van der Waals surface area contributed by atoms with Crippen molar-refractivity contribution in [3.05, 3.63) is 83.4 Å². The summed E-state index contributed by atoms with van der Waals surface area (Å²) in [5.41, 5.74) is 4.42. The fraction of sp³-hybridized carbons (Fsp3) is 0.136. The summed E-state index contributed by atoms with van der Waals surface area (Å²) in [4.78, 5) is 4.69. The van der Waals surface area contributed by atoms with Crippen LogP contribution in [0, 0.1) is 6.92 Å². The minimum absolute atomic E-state index is 0.567. The fourth-order valence-electron chi connectivity index (χ4n) is 2.83. The second-order valence-electron chi connectivity index (χ2n) is 6.65. The molecule has 0 spiro atoms. The Balaban J connectivity index is 1.37. The molecule has 0 fully saturated rings. The summed E-state index contributed by atoms with van der Waals surface area (Å²) in [5.74, 6) is 0.567. The largest absolute Gasteiger partial charge is 0.416 e. The van der Waals surface area contributed by atoms with E-state index in [0.29, 0.717) is 5.75 Å². The second-order valence-corrected chi connectivity index (χ2v) is 8.47. The molecule has 0 radical (unpaired) electrons. The lowest BCUT2D eigenvalue weighted by Gasteiger charge is -2.08. The van der Waals surface area contributed by atoms with Crippen molar-refractivity contribution in [1.82, 2.24) is 4.98 Å². The van der Waals surface area contributed by atoms with Gasteiger partial charge in [0.25, 0.3) is 0 Å². The smallest absolute Gasteiger partial charge is 0.329 e. The first kappa shape index (κ1) is 19.8. The van der Waals surface area contributed by atoms with Crippen LogP contribution in [0.25, 0.3) is 20.8 Å². The first-order valence-electron chi connectivity index (χ1n) is 8.90. The molecule has 1 aromatic heterocycles. The van der Waals surface area contributed by atoms with Gasteiger partial charge >= 0.3 is 6.18 Å². The average molecular weight is 431 g/mol. The average Bonchev–Trinajstić information content (AvgIpc) is 3.11. The third kappa shape index (κ3) is 4.74. The molecular formula is C22H17F3N2S2. The summed E-state index contributed by atoms with van der Waals surface area (Å²) in [6.07, 6.45) is -4.30. The van der Waals surface area contributed by atoms with Gasteiger partial charge in [-0.3, -0.25) is 0 Å². The molecule has 0 aliphatic rings. The highest BCUT2D eigenvalue weighted by atomic mass is 32.2. The molecule has 3 aromatic carbocycles. The maximum absolute atomic E-state index is 12.6. The van der Waals surface area contributed by atoms with Crippen molar-refractivity contribution in [2.75, 3.05) is 4.72 Å². The van der Waals surface area contributed by atoms with Crippen LogP contribution in [0.2, 0.25) is 0 Å². The number of benzene rings is 3. The number of alkyl halides is 3. The number of aromatic nitrogens is 1. The Morgan fingerprint density at radius 2 is 1.69 bits per heavy atom. The van der Waals surface area contributed by atoms with Gasteiger partial charge in [-0.15, -0.1) is 11.3 Å². The van der Waals surface area contributed by atoms with Crippen molar-refractivity contribution in [2.45, 2.75) is 18.9 Å². The molecule has 0 aliphatic carbocycles. The minimum atomic E-state index is -4.30. The topological polar surface area (TPSA) is 24.9 Å². The van der Waals surface area contributed by atoms with E-state index in [1.54, 1.807) is 11.3 Å². The van der Waals surface area contributed by atoms with Crippen LogP contribution in [0.4, 0.5) is 18.9 Å². The Kier molecular flexibility index (Phi) is 5.52. The van der Waals surface area contributed by atoms with E-state index in [2.05, 4.69) is 23.8 Å². The number of hydrogen-bond acceptors (Lipinski definition) is 4. The molecule has 1 N–H and O–H groups in total. The molecule has 4 rings (SSSR count). The van der Waals surface area contributed by atoms with Crippen LogP contribution >= 0.6 is 23.3 Å². The Labute approximate surface area is 174 Å². The number of nitrogens with zero attached hydrogens (tertiary/aromatic N) is 1. The predicted molar refractivity (Wildman–Crippen MR) is 116 cm³/mol. The van der Waals surface area contributed by atoms with Crippen LogP contribution in [-0.2, 0) is 11.9 Å². The van der Waals surface area contributed by atoms with E-state index in [9.17, 15) is 13.2 Å². The molecule has 0 saturated heterocycles. The van der Waals surface area contributed by atoms with E-state index in [0.717, 1.165) is 39.5 Å². The van der Waals surface area contributed by atoms with Gasteiger partial charge < -0.3 is 4.72 Å². The first-order chi connectivity index (χ1) is 13.9. The summed E-state index contributed by atoms with van der Waals surface area (Å²) >= 11 is 3.11. The summed E-state index contributed by atoms with van der Waals surface area (Å²) < 4.78 is 42.2. The Morgan fingerprint density at radius 3 is 2.38 bits per heavy atom. The first-order valence-corrected chi connectivity index (χ1v) is 10.7. The summed E-state index contributed by atoms with van der Waals surface area (Å²) in [5, 5.41) is 0.981. The lowest BCUT2D eigenvalue weighted by Crippen LogP contribution is -2.04. The highest BCUT2D eigenvalue weighted by Gasteiger charge is 2.29. The highest BCUT2D eigenvalue weighted by molar-refractivity contribution is 7.99. The fourth-order valence-corrected chi connectivity index (χ4v) is 4.63. The zero-order chi connectivity index (χ0) is 20.4. The van der Waals surface area contributed by atoms with Gasteiger partial charge in [0.1, 0.15) is 5.01 Å². The van der Waals surface area contributed by atoms with Crippen molar-refractivity contribution in [3.63, 3.8) is 0 Å². The Hall–Kier alpha value is -2.51. The van der Waals surface area contributed by atoms with Gasteiger partial charge in [-0.25, -0.2) is 4.98 Å². The molecule has 4 aromatic rings. The summed E-state index contributed by atoms with van der Waals surface area (Å²) in [7, 11) is 0. The lowest BCUT2D eigenvalue weighted by molar-refractivity contribution is -0.137. The zero-order valence-corrected chi connectivity index (χ0v) is 17.1. The quantitative estimate of drug-likeness (QED) is 0.331. The maximum Gasteiger partial charge on any atom is 0.416 e. The van der Waals surface area contributed by atoms with Crippen molar-refractivity contribution in [3.8, 4) is 10.6 Å². The standard InChI is InChI=1S/C22H17F3N2S2/c1-14-2-11-19-20(12-14)29-21(26-19)16-5-9-18(10-6-16)27-28-13-15-3-7-17(8-4-15)22(23,24)25/h2-12,27H,13H2,1H3. The third-order valence-corrected chi connectivity index (χ3v) is 6.31. The summed E-state index contributed by atoms with van der Waals surface area (Å²) in [6, 6.07) is 19.5. The van der Waals surface area contributed by atoms with Crippen LogP contribution in [0.3, 0.4) is 0 Å². The molecule has 2 nitrogen and oxygen atoms in total. The van der Waals surface area contributed by atoms with Gasteiger partial charge in [-0.1, -0.05) is 18.2 Å². The molecule has 0 aliphatic heterocycles. The van der Waals surface area contributed by atoms with Crippen molar-refractivity contribution >= 4 is 39.2 Å². The minimum Gasteiger partial charge on any atom is -0.329 e. The van der Waals surface area contributed by atoms with Crippen LogP contribution in [0.5, 0.6) is 0 Å². The van der Waals surface area contributed by atoms with Gasteiger partial charge in [0, 0.05) is 17.0 Å². The molecule has 7 heteroatoms. The van der Waals surface area contributed by atoms with Crippen LogP contribution in [0.1, 0.15) is 16.7 Å². The number of rotatable bonds is 5. The number of aryl methyl sites for hydroxylation is 1. The number of halogens is 3. The number of hydrogen-bond donors (Lipinski definition) is 1. The van der Waals surface area contributed by atoms with Crippen molar-refractivity contribution in [2.24, 2.45) is 0 Å². The number of nitrogens with one attached hydrogen (secondary N) is 1. The van der Waals surface area contributed by atoms with Crippen LogP contribution in [0.15, 0.2) is 66.7 Å². The van der Waals surface area contributed by atoms with Gasteiger partial charge in [-0.2, -0.15) is 13.2 Å². The molecule has 1 heterocycles. The van der Waals surface area contributed by atoms with Crippen LogP contribution in [-0.4, -0.2) is 4.98 Å². The van der Waals surface area contributed by atoms with E-state index >= 15 is 0 Å². The number of anilines is 1. The van der Waals surface area contributed by atoms with E-state index in [1.165, 1.54) is 34.3 Å². The van der Waals surface area contributed by atoms with E-state index in [1.807, 2.05) is 30.3 Å². The molecule has 148 valence electrons. The normalized spacial score (nSPS) is 11.7. The van der Waals surface area contributed by atoms with Gasteiger partial charge in [0.05, 0.1) is 15.8 Å². The summed E-state index contributed by atoms with van der Waals surface area (Å²) in [6.45, 7) is 2.07. The molecule has 0 atom stereocenters. The Morgan fingerprint density at radius 1 is 0.966 bits per heavy atom. The predicted octanol–water partition coefficient (Wildman–Crippen LogP) is 7.55. The van der Waals surface area contributed by atoms with Crippen molar-refractivity contribution in [1.29, 1.82) is 0 Å². The molecule has 0 bridgehead atoms. The molecule has 0 saturated carbocycles. The second kappa shape index (κ2) is 8.08. The SMILES string of the molecule is Cc1ccc2nc(-c3ccc(NSCc4ccc(C(F)(F)F)cc4)cc3)sc2c1. The maximum atomic E-state index is 12.6. The van der Waals surface area contributed by atoms with E-state index in [-0.39, 0.29) is 0 Å². The molecule has 29 heavy (non-hydrogen) atoms. The lowest BCUT2D eigenvalue weighted by atomic mass is 10.1. The molecule has 0 unspecified atom stereocenters. The van der Waals surface area contributed by atoms with E-state index < -0.39 is 11.7 Å². The third-order valence-electron chi connectivity index (χ3n) is 4.39. The monoisotopic (exact) mass is 430 g/mol. The van der Waals surface area contributed by atoms with E-state index in [4.69, 9.17) is 4.98 Å². The number of thiazole rings is 1. The van der Waals surface area contributed by atoms with Crippen LogP contribution < -0.4 is 4.72 Å². The molecule has 0 amide bonds. The van der Waals surface area contributed by atoms with Crippen molar-refractivity contribution < 1.29 is 13.2 Å². The van der Waals surface area contributed by atoms with Gasteiger partial charge in [-0.05, 0) is 78.5 Å². The highest BCUT2D eigenvalue weighted by Crippen LogP contribution is 2.32. The zero-order valence-electron chi connectivity index (χ0n) is 15.5.